The Labute approximate surface area is 209 Å². The fourth-order valence-corrected chi connectivity index (χ4v) is 5.09. The Kier molecular flexibility index (Phi) is 6.33. The summed E-state index contributed by atoms with van der Waals surface area (Å²) in [6, 6.07) is 3.79. The van der Waals surface area contributed by atoms with Crippen LogP contribution in [-0.4, -0.2) is 52.1 Å². The molecule has 0 radical (unpaired) electrons. The van der Waals surface area contributed by atoms with Gasteiger partial charge in [-0.2, -0.15) is 0 Å². The molecule has 1 saturated heterocycles. The van der Waals surface area contributed by atoms with Gasteiger partial charge < -0.3 is 10.2 Å². The van der Waals surface area contributed by atoms with E-state index in [0.29, 0.717) is 17.3 Å². The van der Waals surface area contributed by atoms with Crippen molar-refractivity contribution < 1.29 is 12.8 Å². The summed E-state index contributed by atoms with van der Waals surface area (Å²) < 4.78 is 39.9. The van der Waals surface area contributed by atoms with Crippen LogP contribution in [0.25, 0.3) is 5.65 Å². The highest BCUT2D eigenvalue weighted by atomic mass is 32.2. The van der Waals surface area contributed by atoms with E-state index in [1.54, 1.807) is 12.5 Å². The zero-order valence-corrected chi connectivity index (χ0v) is 21.2. The molecule has 1 aliphatic rings. The van der Waals surface area contributed by atoms with Gasteiger partial charge in [0.25, 0.3) is 0 Å². The maximum atomic E-state index is 14.6. The number of fused-ring (bicyclic) bond motifs is 1. The predicted molar refractivity (Wildman–Crippen MR) is 136 cm³/mol. The number of nitrogens with zero attached hydrogens (tertiary/aromatic N) is 6. The van der Waals surface area contributed by atoms with Gasteiger partial charge in [0.15, 0.2) is 15.5 Å². The third-order valence-electron chi connectivity index (χ3n) is 6.61. The largest absolute Gasteiger partial charge is 0.349 e. The lowest BCUT2D eigenvalue weighted by atomic mass is 9.94. The molecule has 1 N–H and O–H groups in total. The third kappa shape index (κ3) is 4.75. The molecule has 188 valence electrons. The summed E-state index contributed by atoms with van der Waals surface area (Å²) in [5.41, 5.74) is 3.48. The Bertz CT molecular complexity index is 1490. The van der Waals surface area contributed by atoms with Gasteiger partial charge in [-0.05, 0) is 42.5 Å². The molecule has 1 aromatic carbocycles. The Morgan fingerprint density at radius 3 is 2.39 bits per heavy atom. The van der Waals surface area contributed by atoms with Crippen molar-refractivity contribution in [2.45, 2.75) is 43.4 Å². The van der Waals surface area contributed by atoms with E-state index in [9.17, 15) is 12.8 Å². The van der Waals surface area contributed by atoms with Crippen LogP contribution in [0.2, 0.25) is 0 Å². The molecule has 1 fully saturated rings. The summed E-state index contributed by atoms with van der Waals surface area (Å²) in [6.07, 6.45) is 11.8. The van der Waals surface area contributed by atoms with Gasteiger partial charge >= 0.3 is 0 Å². The normalized spacial score (nSPS) is 15.1. The molecular weight excluding hydrogens is 481 g/mol. The van der Waals surface area contributed by atoms with Crippen molar-refractivity contribution >= 4 is 32.8 Å². The first-order valence-electron chi connectivity index (χ1n) is 11.8. The number of nitrogens with one attached hydrogen (secondary N) is 1. The fourth-order valence-electron chi connectivity index (χ4n) is 4.46. The highest BCUT2D eigenvalue weighted by Gasteiger charge is 2.25. The maximum Gasteiger partial charge on any atom is 0.225 e. The first kappa shape index (κ1) is 24.1. The maximum absolute atomic E-state index is 14.6. The SMILES string of the molecule is CC(C)c1cnc(N2CCC(c3cnc4c(Nc5ccc(S(C)(=O)=O)cc5F)cncn34)CC2)nc1. The van der Waals surface area contributed by atoms with Crippen LogP contribution < -0.4 is 10.2 Å². The quantitative estimate of drug-likeness (QED) is 0.410. The summed E-state index contributed by atoms with van der Waals surface area (Å²) in [4.78, 5) is 20.1. The van der Waals surface area contributed by atoms with E-state index < -0.39 is 15.7 Å². The van der Waals surface area contributed by atoms with Crippen molar-refractivity contribution in [2.75, 3.05) is 29.6 Å². The second-order valence-electron chi connectivity index (χ2n) is 9.46. The van der Waals surface area contributed by atoms with Gasteiger partial charge in [-0.1, -0.05) is 13.8 Å². The topological polar surface area (TPSA) is 105 Å². The molecule has 0 saturated carbocycles. The third-order valence-corrected chi connectivity index (χ3v) is 7.72. The Hall–Kier alpha value is -3.60. The van der Waals surface area contributed by atoms with E-state index in [2.05, 4.69) is 44.0 Å². The smallest absolute Gasteiger partial charge is 0.225 e. The summed E-state index contributed by atoms with van der Waals surface area (Å²) in [6.45, 7) is 5.92. The molecule has 36 heavy (non-hydrogen) atoms. The second-order valence-corrected chi connectivity index (χ2v) is 11.5. The van der Waals surface area contributed by atoms with Crippen molar-refractivity contribution in [3.63, 3.8) is 0 Å². The lowest BCUT2D eigenvalue weighted by molar-refractivity contribution is 0.488. The minimum absolute atomic E-state index is 0.0717. The predicted octanol–water partition coefficient (Wildman–Crippen LogP) is 4.31. The number of benzene rings is 1. The Morgan fingerprint density at radius 1 is 1.03 bits per heavy atom. The lowest BCUT2D eigenvalue weighted by Crippen LogP contribution is -2.34. The Morgan fingerprint density at radius 2 is 1.75 bits per heavy atom. The molecular formula is C25H28FN7O2S. The first-order chi connectivity index (χ1) is 17.2. The zero-order valence-electron chi connectivity index (χ0n) is 20.4. The lowest BCUT2D eigenvalue weighted by Gasteiger charge is -2.31. The van der Waals surface area contributed by atoms with E-state index in [4.69, 9.17) is 0 Å². The summed E-state index contributed by atoms with van der Waals surface area (Å²) >= 11 is 0. The number of rotatable bonds is 6. The van der Waals surface area contributed by atoms with Crippen LogP contribution in [0.3, 0.4) is 0 Å². The molecule has 5 rings (SSSR count). The molecule has 0 bridgehead atoms. The van der Waals surface area contributed by atoms with Crippen LogP contribution in [0, 0.1) is 5.82 Å². The molecule has 0 spiro atoms. The van der Waals surface area contributed by atoms with Gasteiger partial charge in [0.2, 0.25) is 5.95 Å². The monoisotopic (exact) mass is 509 g/mol. The molecule has 11 heteroatoms. The van der Waals surface area contributed by atoms with Gasteiger partial charge in [-0.3, -0.25) is 4.40 Å². The molecule has 4 heterocycles. The number of hydrogen-bond donors (Lipinski definition) is 1. The highest BCUT2D eigenvalue weighted by Crippen LogP contribution is 2.32. The van der Waals surface area contributed by atoms with Crippen molar-refractivity contribution in [1.29, 1.82) is 0 Å². The molecule has 0 unspecified atom stereocenters. The first-order valence-corrected chi connectivity index (χ1v) is 13.7. The molecule has 0 atom stereocenters. The molecule has 4 aromatic rings. The number of imidazole rings is 1. The second kappa shape index (κ2) is 9.45. The number of halogens is 1. The standard InChI is InChI=1S/C25H28FN7O2S/c1-16(2)18-11-29-25(30-12-18)32-8-6-17(7-9-32)23-14-28-24-22(13-27-15-33(23)24)31-21-5-4-19(10-20(21)26)36(3,34)35/h4-5,10-17,31H,6-9H2,1-3H3. The van der Waals surface area contributed by atoms with E-state index in [1.165, 1.54) is 12.1 Å². The fraction of sp³-hybridized carbons (Fsp3) is 0.360. The number of aromatic nitrogens is 5. The van der Waals surface area contributed by atoms with Crippen LogP contribution in [0.5, 0.6) is 0 Å². The number of hydrogen-bond acceptors (Lipinski definition) is 8. The summed E-state index contributed by atoms with van der Waals surface area (Å²) in [5.74, 6) is 0.779. The van der Waals surface area contributed by atoms with Crippen LogP contribution in [0.15, 0.2) is 54.2 Å². The van der Waals surface area contributed by atoms with E-state index >= 15 is 0 Å². The summed E-state index contributed by atoms with van der Waals surface area (Å²) in [5, 5.41) is 3.01. The van der Waals surface area contributed by atoms with Gasteiger partial charge in [-0.25, -0.2) is 32.7 Å². The van der Waals surface area contributed by atoms with Crippen LogP contribution in [0.4, 0.5) is 21.7 Å². The minimum atomic E-state index is -3.49. The van der Waals surface area contributed by atoms with Crippen LogP contribution in [0.1, 0.15) is 49.8 Å². The van der Waals surface area contributed by atoms with Crippen LogP contribution >= 0.6 is 0 Å². The average Bonchev–Trinajstić information content (AvgIpc) is 3.30. The van der Waals surface area contributed by atoms with E-state index in [0.717, 1.165) is 55.5 Å². The molecule has 0 amide bonds. The summed E-state index contributed by atoms with van der Waals surface area (Å²) in [7, 11) is -3.49. The highest BCUT2D eigenvalue weighted by molar-refractivity contribution is 7.90. The Balaban J connectivity index is 1.32. The minimum Gasteiger partial charge on any atom is -0.349 e. The number of sulfone groups is 1. The van der Waals surface area contributed by atoms with Crippen LogP contribution in [-0.2, 0) is 9.84 Å². The van der Waals surface area contributed by atoms with Gasteiger partial charge in [0.1, 0.15) is 17.8 Å². The molecule has 3 aromatic heterocycles. The van der Waals surface area contributed by atoms with Gasteiger partial charge in [0, 0.05) is 49.5 Å². The van der Waals surface area contributed by atoms with Gasteiger partial charge in [-0.15, -0.1) is 0 Å². The van der Waals surface area contributed by atoms with E-state index in [-0.39, 0.29) is 16.5 Å². The zero-order chi connectivity index (χ0) is 25.4. The van der Waals surface area contributed by atoms with Gasteiger partial charge in [0.05, 0.1) is 16.8 Å². The molecule has 9 nitrogen and oxygen atoms in total. The molecule has 1 aliphatic heterocycles. The van der Waals surface area contributed by atoms with E-state index in [1.807, 2.05) is 23.0 Å². The van der Waals surface area contributed by atoms with Crippen molar-refractivity contribution in [3.8, 4) is 0 Å². The number of anilines is 3. The average molecular weight is 510 g/mol. The van der Waals surface area contributed by atoms with Crippen molar-refractivity contribution in [2.24, 2.45) is 0 Å². The van der Waals surface area contributed by atoms with Crippen molar-refractivity contribution in [3.05, 3.63) is 66.4 Å². The van der Waals surface area contributed by atoms with Crippen molar-refractivity contribution in [1.82, 2.24) is 24.3 Å². The molecule has 0 aliphatic carbocycles. The number of piperidine rings is 1.